The summed E-state index contributed by atoms with van der Waals surface area (Å²) in [6, 6.07) is 25.8. The number of amidine groups is 1. The van der Waals surface area contributed by atoms with Crippen molar-refractivity contribution in [3.63, 3.8) is 0 Å². The molecule has 2 aromatic heterocycles. The summed E-state index contributed by atoms with van der Waals surface area (Å²) >= 11 is 0. The van der Waals surface area contributed by atoms with E-state index in [0.717, 1.165) is 22.5 Å². The number of aliphatic hydroxyl groups excluding tert-OH is 1. The van der Waals surface area contributed by atoms with Gasteiger partial charge in [-0.25, -0.2) is 19.6 Å². The molecule has 0 aliphatic carbocycles. The highest BCUT2D eigenvalue weighted by molar-refractivity contribution is 6.83. The number of fused-ring (bicyclic) bond motifs is 1. The fourth-order valence-electron chi connectivity index (χ4n) is 6.79. The molecule has 0 unspecified atom stereocenters. The summed E-state index contributed by atoms with van der Waals surface area (Å²) < 4.78 is 34.2. The van der Waals surface area contributed by atoms with E-state index in [0.29, 0.717) is 34.0 Å². The zero-order valence-electron chi connectivity index (χ0n) is 37.3. The van der Waals surface area contributed by atoms with Crippen LogP contribution in [0.2, 0.25) is 37.8 Å². The summed E-state index contributed by atoms with van der Waals surface area (Å²) in [6.45, 7) is 19.3. The van der Waals surface area contributed by atoms with Gasteiger partial charge in [0.2, 0.25) is 0 Å². The molecule has 1 saturated heterocycles. The van der Waals surface area contributed by atoms with Gasteiger partial charge in [0.1, 0.15) is 61.3 Å². The van der Waals surface area contributed by atoms with E-state index in [1.807, 2.05) is 105 Å². The van der Waals surface area contributed by atoms with Gasteiger partial charge in [-0.2, -0.15) is 5.10 Å². The Hall–Kier alpha value is -4.89. The van der Waals surface area contributed by atoms with Crippen molar-refractivity contribution in [3.8, 4) is 23.0 Å². The SMILES string of the molecule is COc1ccc(C(OC[C@H]2O[C@@H](n3nc(C#C[Si](C)(C)C)c4c(/N=C(/C)N(C)C)ncnc43)[C@H](O[Si](C)(C)C(C)(C)C)[C@@H]2O)(c2ccccc2)c2ccc(OC)cc2)cc1. The first kappa shape index (κ1) is 44.7. The molecule has 3 heterocycles. The van der Waals surface area contributed by atoms with Crippen LogP contribution in [0.1, 0.15) is 56.3 Å². The van der Waals surface area contributed by atoms with Gasteiger partial charge >= 0.3 is 0 Å². The van der Waals surface area contributed by atoms with Crippen LogP contribution in [0.5, 0.6) is 11.5 Å². The molecule has 0 spiro atoms. The number of rotatable bonds is 12. The van der Waals surface area contributed by atoms with Gasteiger partial charge < -0.3 is 33.4 Å². The van der Waals surface area contributed by atoms with Gasteiger partial charge in [0.05, 0.1) is 26.2 Å². The first-order valence-corrected chi connectivity index (χ1v) is 26.7. The zero-order valence-corrected chi connectivity index (χ0v) is 39.3. The van der Waals surface area contributed by atoms with E-state index < -0.39 is 46.5 Å². The van der Waals surface area contributed by atoms with Crippen molar-refractivity contribution in [1.82, 2.24) is 24.6 Å². The maximum absolute atomic E-state index is 12.5. The summed E-state index contributed by atoms with van der Waals surface area (Å²) in [5.74, 6) is 6.00. The molecule has 12 nitrogen and oxygen atoms in total. The van der Waals surface area contributed by atoms with Crippen LogP contribution in [0.3, 0.4) is 0 Å². The van der Waals surface area contributed by atoms with Gasteiger partial charge in [-0.15, -0.1) is 5.54 Å². The number of benzene rings is 3. The van der Waals surface area contributed by atoms with Crippen molar-refractivity contribution >= 4 is 39.1 Å². The molecule has 60 heavy (non-hydrogen) atoms. The Kier molecular flexibility index (Phi) is 13.1. The van der Waals surface area contributed by atoms with Gasteiger partial charge in [-0.05, 0) is 66.0 Å². The Labute approximate surface area is 357 Å². The average Bonchev–Trinajstić information content (AvgIpc) is 3.74. The molecule has 318 valence electrons. The predicted molar refractivity (Wildman–Crippen MR) is 242 cm³/mol. The number of ether oxygens (including phenoxy) is 4. The van der Waals surface area contributed by atoms with Crippen molar-refractivity contribution in [2.24, 2.45) is 4.99 Å². The summed E-state index contributed by atoms with van der Waals surface area (Å²) in [5.41, 5.74) is 5.91. The highest BCUT2D eigenvalue weighted by Gasteiger charge is 2.52. The van der Waals surface area contributed by atoms with E-state index >= 15 is 0 Å². The fourth-order valence-corrected chi connectivity index (χ4v) is 8.57. The molecule has 0 bridgehead atoms. The standard InChI is InChI=1S/C46H60N6O6Si2/c1-31(51(5)6)49-42-39-37(27-28-59(9,10)11)50-52(43(39)48-30-47-42)44-41(58-60(12,13)45(2,3)4)40(53)38(57-44)29-56-46(32-17-15-14-16-18-32,33-19-23-35(54-7)24-20-33)34-21-25-36(55-8)26-22-34/h14-26,30,38,40-41,44,53H,29H2,1-13H3/b49-31-/t38-,40-,41-,44-/m1/s1. The van der Waals surface area contributed by atoms with Crippen LogP contribution in [-0.4, -0.2) is 105 Å². The minimum absolute atomic E-state index is 0.0178. The second kappa shape index (κ2) is 17.6. The topological polar surface area (TPSA) is 126 Å². The van der Waals surface area contributed by atoms with Gasteiger partial charge in [0.15, 0.2) is 26.0 Å². The summed E-state index contributed by atoms with van der Waals surface area (Å²) in [6.07, 6.45) is -2.22. The molecule has 1 aliphatic heterocycles. The Bertz CT molecular complexity index is 2300. The molecule has 0 amide bonds. The summed E-state index contributed by atoms with van der Waals surface area (Å²) in [4.78, 5) is 16.1. The Morgan fingerprint density at radius 3 is 1.95 bits per heavy atom. The highest BCUT2D eigenvalue weighted by atomic mass is 28.4. The third kappa shape index (κ3) is 9.22. The van der Waals surface area contributed by atoms with Crippen molar-refractivity contribution in [3.05, 3.63) is 108 Å². The van der Waals surface area contributed by atoms with Gasteiger partial charge in [-0.1, -0.05) is 101 Å². The first-order chi connectivity index (χ1) is 28.3. The lowest BCUT2D eigenvalue weighted by Gasteiger charge is -2.40. The minimum atomic E-state index is -2.53. The number of hydrogen-bond donors (Lipinski definition) is 1. The van der Waals surface area contributed by atoms with Crippen LogP contribution in [0.15, 0.2) is 90.2 Å². The molecular weight excluding hydrogens is 789 g/mol. The first-order valence-electron chi connectivity index (χ1n) is 20.3. The fraction of sp³-hybridized carbons (Fsp3) is 0.435. The van der Waals surface area contributed by atoms with E-state index in [9.17, 15) is 5.11 Å². The molecule has 1 fully saturated rings. The molecule has 5 aromatic rings. The monoisotopic (exact) mass is 848 g/mol. The molecular formula is C46H60N6O6Si2. The summed E-state index contributed by atoms with van der Waals surface area (Å²) in [7, 11) is 2.78. The van der Waals surface area contributed by atoms with Crippen LogP contribution in [-0.2, 0) is 19.5 Å². The second-order valence-electron chi connectivity index (χ2n) is 18.0. The minimum Gasteiger partial charge on any atom is -0.497 e. The third-order valence-corrected chi connectivity index (χ3v) is 16.7. The molecule has 3 aromatic carbocycles. The molecule has 0 saturated carbocycles. The third-order valence-electron chi connectivity index (χ3n) is 11.4. The molecule has 4 atom stereocenters. The van der Waals surface area contributed by atoms with Crippen LogP contribution >= 0.6 is 0 Å². The number of hydrogen-bond acceptors (Lipinski definition) is 10. The van der Waals surface area contributed by atoms with Crippen LogP contribution in [0.25, 0.3) is 11.0 Å². The van der Waals surface area contributed by atoms with E-state index in [1.54, 1.807) is 18.9 Å². The molecule has 14 heteroatoms. The van der Waals surface area contributed by atoms with Gasteiger partial charge in [0.25, 0.3) is 0 Å². The molecule has 6 rings (SSSR count). The maximum Gasteiger partial charge on any atom is 0.192 e. The lowest BCUT2D eigenvalue weighted by atomic mass is 9.80. The van der Waals surface area contributed by atoms with Crippen LogP contribution < -0.4 is 9.47 Å². The number of aliphatic hydroxyl groups is 1. The van der Waals surface area contributed by atoms with Crippen LogP contribution in [0, 0.1) is 11.5 Å². The second-order valence-corrected chi connectivity index (χ2v) is 27.5. The van der Waals surface area contributed by atoms with E-state index in [2.05, 4.69) is 70.0 Å². The number of aromatic nitrogens is 4. The number of methoxy groups -OCH3 is 2. The average molecular weight is 849 g/mol. The number of aliphatic imine (C=N–C) groups is 1. The quantitative estimate of drug-likeness (QED) is 0.0431. The van der Waals surface area contributed by atoms with Crippen molar-refractivity contribution in [2.75, 3.05) is 34.9 Å². The smallest absolute Gasteiger partial charge is 0.192 e. The van der Waals surface area contributed by atoms with E-state index in [-0.39, 0.29) is 11.6 Å². The molecule has 1 aliphatic rings. The Morgan fingerprint density at radius 1 is 0.867 bits per heavy atom. The van der Waals surface area contributed by atoms with Gasteiger partial charge in [-0.3, -0.25) is 0 Å². The van der Waals surface area contributed by atoms with Crippen LogP contribution in [0.4, 0.5) is 5.82 Å². The number of nitrogens with zero attached hydrogens (tertiary/aromatic N) is 6. The lowest BCUT2D eigenvalue weighted by Crippen LogP contribution is -2.49. The van der Waals surface area contributed by atoms with E-state index in [1.165, 1.54) is 6.33 Å². The van der Waals surface area contributed by atoms with E-state index in [4.69, 9.17) is 38.4 Å². The van der Waals surface area contributed by atoms with Gasteiger partial charge in [0, 0.05) is 14.1 Å². The maximum atomic E-state index is 12.5. The molecule has 0 radical (unpaired) electrons. The normalized spacial score (nSPS) is 18.9. The molecule has 1 N–H and O–H groups in total. The van der Waals surface area contributed by atoms with Crippen molar-refractivity contribution < 1.29 is 28.5 Å². The largest absolute Gasteiger partial charge is 0.497 e. The summed E-state index contributed by atoms with van der Waals surface area (Å²) in [5, 5.41) is 18.0. The lowest BCUT2D eigenvalue weighted by molar-refractivity contribution is -0.0963. The predicted octanol–water partition coefficient (Wildman–Crippen LogP) is 8.34. The highest BCUT2D eigenvalue weighted by Crippen LogP contribution is 2.45. The Balaban J connectivity index is 1.51. The van der Waals surface area contributed by atoms with Crippen molar-refractivity contribution in [2.45, 2.75) is 95.6 Å². The van der Waals surface area contributed by atoms with Crippen molar-refractivity contribution in [1.29, 1.82) is 0 Å². The Morgan fingerprint density at radius 2 is 1.43 bits per heavy atom. The zero-order chi connectivity index (χ0) is 43.6.